The highest BCUT2D eigenvalue weighted by molar-refractivity contribution is 5.68. The van der Waals surface area contributed by atoms with E-state index in [4.69, 9.17) is 9.47 Å². The van der Waals surface area contributed by atoms with Gasteiger partial charge in [0, 0.05) is 32.0 Å². The van der Waals surface area contributed by atoms with Gasteiger partial charge in [-0.25, -0.2) is 13.6 Å². The van der Waals surface area contributed by atoms with Gasteiger partial charge in [0.25, 0.3) is 5.92 Å². The second-order valence-electron chi connectivity index (χ2n) is 8.14. The minimum Gasteiger partial charge on any atom is -0.444 e. The highest BCUT2D eigenvalue weighted by Gasteiger charge is 2.41. The molecule has 0 N–H and O–H groups in total. The van der Waals surface area contributed by atoms with E-state index in [0.717, 1.165) is 5.56 Å². The quantitative estimate of drug-likeness (QED) is 0.603. The zero-order chi connectivity index (χ0) is 19.9. The molecule has 1 aromatic carbocycles. The van der Waals surface area contributed by atoms with Crippen molar-refractivity contribution in [1.29, 1.82) is 0 Å². The molecule has 1 aliphatic heterocycles. The van der Waals surface area contributed by atoms with Crippen molar-refractivity contribution < 1.29 is 23.0 Å². The number of piperidine rings is 1. The fraction of sp³-hybridized carbons (Fsp3) is 0.667. The lowest BCUT2D eigenvalue weighted by Gasteiger charge is -2.36. The first-order valence-electron chi connectivity index (χ1n) is 9.65. The third-order valence-electron chi connectivity index (χ3n) is 4.65. The molecule has 0 spiro atoms. The van der Waals surface area contributed by atoms with Crippen LogP contribution in [0.15, 0.2) is 30.3 Å². The Kier molecular flexibility index (Phi) is 7.59. The van der Waals surface area contributed by atoms with E-state index >= 15 is 0 Å². The van der Waals surface area contributed by atoms with Crippen LogP contribution in [0.2, 0.25) is 0 Å². The van der Waals surface area contributed by atoms with Gasteiger partial charge in [-0.05, 0) is 45.6 Å². The molecular formula is C21H31F2NO3. The van der Waals surface area contributed by atoms with Crippen molar-refractivity contribution in [3.05, 3.63) is 35.9 Å². The van der Waals surface area contributed by atoms with Gasteiger partial charge in [-0.2, -0.15) is 0 Å². The number of hydrogen-bond donors (Lipinski definition) is 0. The van der Waals surface area contributed by atoms with E-state index in [2.05, 4.69) is 0 Å². The summed E-state index contributed by atoms with van der Waals surface area (Å²) in [5, 5.41) is 0. The van der Waals surface area contributed by atoms with Crippen molar-refractivity contribution in [1.82, 2.24) is 4.90 Å². The number of ether oxygens (including phenoxy) is 2. The fourth-order valence-corrected chi connectivity index (χ4v) is 3.19. The predicted octanol–water partition coefficient (Wildman–Crippen LogP) is 5.27. The number of likely N-dealkylation sites (tertiary alicyclic amines) is 1. The number of alkyl halides is 2. The van der Waals surface area contributed by atoms with Crippen LogP contribution in [0.3, 0.4) is 0 Å². The van der Waals surface area contributed by atoms with Crippen molar-refractivity contribution in [2.75, 3.05) is 19.7 Å². The van der Waals surface area contributed by atoms with Crippen LogP contribution in [0.25, 0.3) is 0 Å². The maximum atomic E-state index is 14.5. The average molecular weight is 383 g/mol. The Bertz CT molecular complexity index is 579. The van der Waals surface area contributed by atoms with Crippen molar-refractivity contribution in [2.45, 2.75) is 64.6 Å². The van der Waals surface area contributed by atoms with E-state index in [1.807, 2.05) is 30.3 Å². The third kappa shape index (κ3) is 7.45. The van der Waals surface area contributed by atoms with E-state index in [1.54, 1.807) is 20.8 Å². The van der Waals surface area contributed by atoms with Crippen LogP contribution in [-0.4, -0.2) is 42.2 Å². The molecule has 0 bridgehead atoms. The van der Waals surface area contributed by atoms with Gasteiger partial charge < -0.3 is 14.4 Å². The first-order valence-corrected chi connectivity index (χ1v) is 9.65. The summed E-state index contributed by atoms with van der Waals surface area (Å²) >= 11 is 0. The Morgan fingerprint density at radius 1 is 1.15 bits per heavy atom. The molecule has 0 aromatic heterocycles. The zero-order valence-corrected chi connectivity index (χ0v) is 16.5. The molecule has 1 aliphatic rings. The summed E-state index contributed by atoms with van der Waals surface area (Å²) in [5.74, 6) is -3.42. The van der Waals surface area contributed by atoms with Gasteiger partial charge in [0.15, 0.2) is 0 Å². The molecule has 0 atom stereocenters. The number of amides is 1. The lowest BCUT2D eigenvalue weighted by molar-refractivity contribution is -0.0898. The van der Waals surface area contributed by atoms with E-state index in [-0.39, 0.29) is 6.42 Å². The summed E-state index contributed by atoms with van der Waals surface area (Å²) in [4.78, 5) is 13.6. The van der Waals surface area contributed by atoms with Crippen LogP contribution in [0.1, 0.15) is 52.0 Å². The van der Waals surface area contributed by atoms with E-state index < -0.39 is 23.5 Å². The molecule has 27 heavy (non-hydrogen) atoms. The Morgan fingerprint density at radius 3 is 2.37 bits per heavy atom. The zero-order valence-electron chi connectivity index (χ0n) is 16.5. The highest BCUT2D eigenvalue weighted by Crippen LogP contribution is 2.37. The van der Waals surface area contributed by atoms with Gasteiger partial charge in [-0.3, -0.25) is 0 Å². The van der Waals surface area contributed by atoms with Crippen LogP contribution in [-0.2, 0) is 16.1 Å². The molecule has 152 valence electrons. The number of nitrogens with zero attached hydrogens (tertiary/aromatic N) is 1. The Labute approximate surface area is 160 Å². The van der Waals surface area contributed by atoms with Gasteiger partial charge in [0.2, 0.25) is 0 Å². The van der Waals surface area contributed by atoms with Crippen molar-refractivity contribution in [3.63, 3.8) is 0 Å². The van der Waals surface area contributed by atoms with Gasteiger partial charge in [0.05, 0.1) is 6.61 Å². The molecule has 1 heterocycles. The van der Waals surface area contributed by atoms with Gasteiger partial charge in [-0.15, -0.1) is 0 Å². The number of carbonyl (C=O) groups excluding carboxylic acids is 1. The molecule has 0 aliphatic carbocycles. The third-order valence-corrected chi connectivity index (χ3v) is 4.65. The molecule has 1 saturated heterocycles. The van der Waals surface area contributed by atoms with E-state index in [0.29, 0.717) is 45.6 Å². The molecule has 0 radical (unpaired) electrons. The minimum absolute atomic E-state index is 0.182. The lowest BCUT2D eigenvalue weighted by Crippen LogP contribution is -2.45. The Hall–Kier alpha value is -1.69. The average Bonchev–Trinajstić information content (AvgIpc) is 2.61. The van der Waals surface area contributed by atoms with Crippen LogP contribution in [0.4, 0.5) is 13.6 Å². The smallest absolute Gasteiger partial charge is 0.410 e. The van der Waals surface area contributed by atoms with Crippen LogP contribution in [0, 0.1) is 5.92 Å². The number of carbonyl (C=O) groups is 1. The predicted molar refractivity (Wildman–Crippen MR) is 101 cm³/mol. The number of rotatable bonds is 7. The van der Waals surface area contributed by atoms with E-state index in [9.17, 15) is 13.6 Å². The molecule has 4 nitrogen and oxygen atoms in total. The van der Waals surface area contributed by atoms with Crippen molar-refractivity contribution >= 4 is 6.09 Å². The summed E-state index contributed by atoms with van der Waals surface area (Å²) in [6.07, 6.45) is 0.331. The maximum absolute atomic E-state index is 14.5. The van der Waals surface area contributed by atoms with E-state index in [1.165, 1.54) is 4.90 Å². The second-order valence-corrected chi connectivity index (χ2v) is 8.14. The maximum Gasteiger partial charge on any atom is 0.410 e. The fourth-order valence-electron chi connectivity index (χ4n) is 3.19. The molecule has 1 aromatic rings. The standard InChI is InChI=1S/C21H31F2NO3/c1-20(2,3)27-19(25)24-13-10-18(11-14-24)21(22,23)12-7-15-26-16-17-8-5-4-6-9-17/h4-6,8-9,18H,7,10-16H2,1-3H3. The number of halogens is 2. The molecule has 0 saturated carbocycles. The Morgan fingerprint density at radius 2 is 1.78 bits per heavy atom. The largest absolute Gasteiger partial charge is 0.444 e. The Balaban J connectivity index is 1.67. The molecule has 1 amide bonds. The first-order chi connectivity index (χ1) is 12.7. The van der Waals surface area contributed by atoms with Crippen LogP contribution >= 0.6 is 0 Å². The highest BCUT2D eigenvalue weighted by atomic mass is 19.3. The summed E-state index contributed by atoms with van der Waals surface area (Å²) in [6.45, 7) is 6.80. The summed E-state index contributed by atoms with van der Waals surface area (Å²) in [7, 11) is 0. The van der Waals surface area contributed by atoms with Gasteiger partial charge in [0.1, 0.15) is 5.60 Å². The number of benzene rings is 1. The lowest BCUT2D eigenvalue weighted by atomic mass is 9.88. The molecule has 2 rings (SSSR count). The molecule has 6 heteroatoms. The summed E-state index contributed by atoms with van der Waals surface area (Å²) in [5.41, 5.74) is 0.469. The summed E-state index contributed by atoms with van der Waals surface area (Å²) < 4.78 is 39.7. The minimum atomic E-state index is -2.73. The molecular weight excluding hydrogens is 352 g/mol. The van der Waals surface area contributed by atoms with Crippen molar-refractivity contribution in [3.8, 4) is 0 Å². The van der Waals surface area contributed by atoms with Crippen LogP contribution in [0.5, 0.6) is 0 Å². The summed E-state index contributed by atoms with van der Waals surface area (Å²) in [6, 6.07) is 9.69. The first kappa shape index (κ1) is 21.6. The number of hydrogen-bond acceptors (Lipinski definition) is 3. The molecule has 0 unspecified atom stereocenters. The second kappa shape index (κ2) is 9.49. The normalized spacial score (nSPS) is 16.4. The monoisotopic (exact) mass is 383 g/mol. The van der Waals surface area contributed by atoms with Gasteiger partial charge >= 0.3 is 6.09 Å². The SMILES string of the molecule is CC(C)(C)OC(=O)N1CCC(C(F)(F)CCCOCc2ccccc2)CC1. The van der Waals surface area contributed by atoms with Crippen molar-refractivity contribution in [2.24, 2.45) is 5.92 Å². The van der Waals surface area contributed by atoms with Crippen LogP contribution < -0.4 is 0 Å². The van der Waals surface area contributed by atoms with Gasteiger partial charge in [-0.1, -0.05) is 30.3 Å². The molecule has 1 fully saturated rings. The topological polar surface area (TPSA) is 38.8 Å².